The molecule has 0 saturated carbocycles. The molecule has 0 spiro atoms. The number of rotatable bonds is 55. The topological polar surface area (TPSA) is 110 Å². The highest BCUT2D eigenvalue weighted by atomic mass is 16.3. The minimum Gasteiger partial charge on any atom is -0.394 e. The Morgan fingerprint density at radius 2 is 0.627 bits per heavy atom. The third-order valence-electron chi connectivity index (χ3n) is 14.1. The lowest BCUT2D eigenvalue weighted by molar-refractivity contribution is -0.132. The van der Waals surface area contributed by atoms with E-state index < -0.39 is 36.9 Å². The van der Waals surface area contributed by atoms with Crippen molar-refractivity contribution in [2.24, 2.45) is 0 Å². The first-order chi connectivity index (χ1) is 33.0. The van der Waals surface area contributed by atoms with Crippen LogP contribution in [0.2, 0.25) is 0 Å². The Bertz CT molecular complexity index is 1060. The van der Waals surface area contributed by atoms with E-state index in [1.165, 1.54) is 244 Å². The summed E-state index contributed by atoms with van der Waals surface area (Å²) in [6.07, 6.45) is 69.4. The molecular formula is C61H117NO5. The van der Waals surface area contributed by atoms with Crippen LogP contribution in [0.1, 0.15) is 316 Å². The average Bonchev–Trinajstić information content (AvgIpc) is 3.33. The van der Waals surface area contributed by atoms with Crippen LogP contribution >= 0.6 is 0 Å². The van der Waals surface area contributed by atoms with E-state index in [4.69, 9.17) is 0 Å². The predicted molar refractivity (Wildman–Crippen MR) is 293 cm³/mol. The summed E-state index contributed by atoms with van der Waals surface area (Å²) in [5.41, 5.74) is 0. The Balaban J connectivity index is 3.66. The third kappa shape index (κ3) is 49.3. The van der Waals surface area contributed by atoms with E-state index in [1.807, 2.05) is 0 Å². The lowest BCUT2D eigenvalue weighted by Crippen LogP contribution is -2.53. The predicted octanol–water partition coefficient (Wildman–Crippen LogP) is 17.6. The maximum absolute atomic E-state index is 12.6. The van der Waals surface area contributed by atoms with Gasteiger partial charge in [-0.05, 0) is 77.0 Å². The van der Waals surface area contributed by atoms with E-state index in [2.05, 4.69) is 55.6 Å². The number of allylic oxidation sites excluding steroid dienone is 6. The van der Waals surface area contributed by atoms with Gasteiger partial charge in [0.25, 0.3) is 0 Å². The number of aliphatic hydroxyl groups is 4. The number of hydrogen-bond donors (Lipinski definition) is 5. The van der Waals surface area contributed by atoms with Gasteiger partial charge in [-0.1, -0.05) is 275 Å². The van der Waals surface area contributed by atoms with Gasteiger partial charge in [0, 0.05) is 0 Å². The van der Waals surface area contributed by atoms with Gasteiger partial charge in [-0.3, -0.25) is 4.79 Å². The van der Waals surface area contributed by atoms with Crippen LogP contribution in [0.25, 0.3) is 0 Å². The van der Waals surface area contributed by atoms with Gasteiger partial charge in [-0.25, -0.2) is 0 Å². The van der Waals surface area contributed by atoms with Crippen molar-refractivity contribution in [3.05, 3.63) is 36.5 Å². The summed E-state index contributed by atoms with van der Waals surface area (Å²) in [7, 11) is 0. The van der Waals surface area contributed by atoms with Gasteiger partial charge in [-0.2, -0.15) is 0 Å². The molecule has 5 N–H and O–H groups in total. The Labute approximate surface area is 417 Å². The van der Waals surface area contributed by atoms with Crippen LogP contribution in [0.15, 0.2) is 36.5 Å². The Kier molecular flexibility index (Phi) is 54.2. The molecule has 0 aromatic carbocycles. The summed E-state index contributed by atoms with van der Waals surface area (Å²) in [5.74, 6) is -0.595. The smallest absolute Gasteiger partial charge is 0.249 e. The first-order valence-corrected chi connectivity index (χ1v) is 29.9. The van der Waals surface area contributed by atoms with Gasteiger partial charge >= 0.3 is 0 Å². The van der Waals surface area contributed by atoms with Crippen molar-refractivity contribution in [2.45, 2.75) is 340 Å². The molecule has 6 heteroatoms. The number of hydrogen-bond acceptors (Lipinski definition) is 5. The zero-order valence-corrected chi connectivity index (χ0v) is 44.9. The van der Waals surface area contributed by atoms with Crippen LogP contribution in [0.4, 0.5) is 0 Å². The van der Waals surface area contributed by atoms with E-state index in [9.17, 15) is 25.2 Å². The Morgan fingerprint density at radius 1 is 0.358 bits per heavy atom. The molecule has 4 unspecified atom stereocenters. The quantitative estimate of drug-likeness (QED) is 0.0308. The fraction of sp³-hybridized carbons (Fsp3) is 0.885. The second kappa shape index (κ2) is 55.5. The van der Waals surface area contributed by atoms with E-state index in [1.54, 1.807) is 0 Å². The standard InChI is InChI=1S/C61H117NO5/c1-3-5-7-9-11-13-15-17-19-21-23-25-27-29-31-33-35-37-39-41-43-45-47-49-51-53-55-59(65)61(67)62-57(56-63)60(66)58(64)54-52-50-48-46-44-42-40-38-36-34-32-30-28-26-24-22-20-18-16-14-12-10-8-6-4-2/h29,31,38,40,46,48,57-60,63-66H,3-28,30,32-37,39,41-45,47,49-56H2,1-2H3,(H,62,67)/b31-29-,40-38+,48-46+. The van der Waals surface area contributed by atoms with Crippen LogP contribution in [0.3, 0.4) is 0 Å². The molecule has 0 radical (unpaired) electrons. The first-order valence-electron chi connectivity index (χ1n) is 29.9. The molecule has 0 aromatic heterocycles. The molecule has 6 nitrogen and oxygen atoms in total. The van der Waals surface area contributed by atoms with Crippen LogP contribution in [-0.4, -0.2) is 57.3 Å². The number of carbonyl (C=O) groups is 1. The molecule has 1 amide bonds. The van der Waals surface area contributed by atoms with Crippen molar-refractivity contribution in [2.75, 3.05) is 6.61 Å². The second-order valence-corrected chi connectivity index (χ2v) is 20.7. The number of amides is 1. The second-order valence-electron chi connectivity index (χ2n) is 20.7. The normalized spacial score (nSPS) is 13.9. The minimum atomic E-state index is -1.29. The lowest BCUT2D eigenvalue weighted by Gasteiger charge is -2.27. The Morgan fingerprint density at radius 3 is 0.940 bits per heavy atom. The van der Waals surface area contributed by atoms with Crippen molar-refractivity contribution < 1.29 is 25.2 Å². The van der Waals surface area contributed by atoms with Crippen LogP contribution in [0.5, 0.6) is 0 Å². The molecule has 0 heterocycles. The molecule has 0 rings (SSSR count). The highest BCUT2D eigenvalue weighted by Gasteiger charge is 2.28. The van der Waals surface area contributed by atoms with Crippen molar-refractivity contribution in [3.8, 4) is 0 Å². The molecule has 4 atom stereocenters. The van der Waals surface area contributed by atoms with Gasteiger partial charge in [0.05, 0.1) is 18.8 Å². The summed E-state index contributed by atoms with van der Waals surface area (Å²) < 4.78 is 0. The molecule has 0 aliphatic carbocycles. The molecular weight excluding hydrogens is 827 g/mol. The molecule has 0 fully saturated rings. The molecule has 0 aliphatic heterocycles. The fourth-order valence-electron chi connectivity index (χ4n) is 9.36. The maximum Gasteiger partial charge on any atom is 0.249 e. The summed E-state index contributed by atoms with van der Waals surface area (Å²) in [6.45, 7) is 4.08. The summed E-state index contributed by atoms with van der Waals surface area (Å²) in [4.78, 5) is 12.6. The van der Waals surface area contributed by atoms with Gasteiger partial charge in [0.1, 0.15) is 12.2 Å². The van der Waals surface area contributed by atoms with E-state index in [0.717, 1.165) is 38.5 Å². The first kappa shape index (κ1) is 65.5. The number of carbonyl (C=O) groups excluding carboxylic acids is 1. The molecule has 396 valence electrons. The highest BCUT2D eigenvalue weighted by molar-refractivity contribution is 5.80. The monoisotopic (exact) mass is 944 g/mol. The Hall–Kier alpha value is -1.47. The molecule has 67 heavy (non-hydrogen) atoms. The summed E-state index contributed by atoms with van der Waals surface area (Å²) >= 11 is 0. The number of unbranched alkanes of at least 4 members (excludes halogenated alkanes) is 40. The largest absolute Gasteiger partial charge is 0.394 e. The molecule has 0 saturated heterocycles. The van der Waals surface area contributed by atoms with Crippen molar-refractivity contribution in [1.29, 1.82) is 0 Å². The van der Waals surface area contributed by atoms with E-state index >= 15 is 0 Å². The van der Waals surface area contributed by atoms with E-state index in [-0.39, 0.29) is 0 Å². The van der Waals surface area contributed by atoms with Crippen LogP contribution in [0, 0.1) is 0 Å². The zero-order valence-electron chi connectivity index (χ0n) is 44.9. The summed E-state index contributed by atoms with van der Waals surface area (Å²) in [6, 6.07) is -1.01. The number of nitrogens with one attached hydrogen (secondary N) is 1. The van der Waals surface area contributed by atoms with Crippen molar-refractivity contribution >= 4 is 5.91 Å². The maximum atomic E-state index is 12.6. The minimum absolute atomic E-state index is 0.359. The van der Waals surface area contributed by atoms with Gasteiger partial charge in [0.15, 0.2) is 0 Å². The highest BCUT2D eigenvalue weighted by Crippen LogP contribution is 2.17. The van der Waals surface area contributed by atoms with Crippen molar-refractivity contribution in [3.63, 3.8) is 0 Å². The van der Waals surface area contributed by atoms with Crippen molar-refractivity contribution in [1.82, 2.24) is 5.32 Å². The fourth-order valence-corrected chi connectivity index (χ4v) is 9.36. The van der Waals surface area contributed by atoms with Crippen LogP contribution in [-0.2, 0) is 4.79 Å². The molecule has 0 bridgehead atoms. The zero-order chi connectivity index (χ0) is 48.8. The molecule has 0 aromatic rings. The average molecular weight is 945 g/mol. The van der Waals surface area contributed by atoms with Gasteiger partial charge < -0.3 is 25.7 Å². The lowest BCUT2D eigenvalue weighted by atomic mass is 10.00. The SMILES string of the molecule is CCCCCCCCCCCCCC/C=C\CCCCCCCCCCCCC(O)C(=O)NC(CO)C(O)C(O)CCC/C=C/CC/C=C/CCCCCCCCCCCCCCCCCC. The van der Waals surface area contributed by atoms with E-state index in [0.29, 0.717) is 19.3 Å². The van der Waals surface area contributed by atoms with Crippen LogP contribution < -0.4 is 5.32 Å². The molecule has 0 aliphatic rings. The summed E-state index contributed by atoms with van der Waals surface area (Å²) in [5, 5.41) is 44.0. The van der Waals surface area contributed by atoms with Gasteiger partial charge in [0.2, 0.25) is 5.91 Å². The van der Waals surface area contributed by atoms with Gasteiger partial charge in [-0.15, -0.1) is 0 Å². The third-order valence-corrected chi connectivity index (χ3v) is 14.1. The number of aliphatic hydroxyl groups excluding tert-OH is 4.